The van der Waals surface area contributed by atoms with E-state index < -0.39 is 40.3 Å². The molecule has 98 valence electrons. The van der Waals surface area contributed by atoms with Crippen molar-refractivity contribution in [2.24, 2.45) is 0 Å². The number of rotatable bonds is 2. The van der Waals surface area contributed by atoms with Crippen LogP contribution in [0.3, 0.4) is 0 Å². The zero-order valence-electron chi connectivity index (χ0n) is 9.64. The number of nitriles is 2. The minimum absolute atomic E-state index is 0.191. The first-order chi connectivity index (χ1) is 8.97. The lowest BCUT2D eigenvalue weighted by Crippen LogP contribution is -2.29. The van der Waals surface area contributed by atoms with Gasteiger partial charge in [-0.25, -0.2) is 18.0 Å². The van der Waals surface area contributed by atoms with Gasteiger partial charge in [-0.1, -0.05) is 0 Å². The molecule has 0 aromatic heterocycles. The highest BCUT2D eigenvalue weighted by Crippen LogP contribution is 2.28. The number of amides is 2. The fourth-order valence-corrected chi connectivity index (χ4v) is 1.30. The quantitative estimate of drug-likeness (QED) is 0.804. The van der Waals surface area contributed by atoms with E-state index in [4.69, 9.17) is 10.5 Å². The molecule has 0 heterocycles. The average molecular weight is 268 g/mol. The Balaban J connectivity index is 3.45. The third-order valence-electron chi connectivity index (χ3n) is 2.12. The average Bonchev–Trinajstić information content (AvgIpc) is 2.37. The van der Waals surface area contributed by atoms with Gasteiger partial charge in [0.2, 0.25) is 0 Å². The topological polar surface area (TPSA) is 88.7 Å². The summed E-state index contributed by atoms with van der Waals surface area (Å²) in [6.07, 6.45) is 0. The van der Waals surface area contributed by atoms with Gasteiger partial charge < -0.3 is 10.6 Å². The Morgan fingerprint density at radius 3 is 2.16 bits per heavy atom. The molecule has 2 amide bonds. The number of anilines is 1. The van der Waals surface area contributed by atoms with Crippen LogP contribution in [0.5, 0.6) is 0 Å². The molecule has 5 nitrogen and oxygen atoms in total. The van der Waals surface area contributed by atoms with E-state index in [-0.39, 0.29) is 6.54 Å². The maximum Gasteiger partial charge on any atom is 0.319 e. The van der Waals surface area contributed by atoms with Crippen molar-refractivity contribution in [3.05, 3.63) is 28.6 Å². The predicted octanol–water partition coefficient (Wildman–Crippen LogP) is 1.99. The molecule has 0 aliphatic carbocycles. The van der Waals surface area contributed by atoms with Crippen molar-refractivity contribution in [1.82, 2.24) is 5.32 Å². The SMILES string of the molecule is CCNC(=O)Nc1c(F)c(F)c(C#N)c(F)c1C#N. The number of carbonyl (C=O) groups is 1. The molecule has 0 aliphatic heterocycles. The lowest BCUT2D eigenvalue weighted by Gasteiger charge is -2.11. The summed E-state index contributed by atoms with van der Waals surface area (Å²) < 4.78 is 40.5. The Kier molecular flexibility index (Phi) is 4.32. The number of halogens is 3. The molecule has 8 heteroatoms. The highest BCUT2D eigenvalue weighted by molar-refractivity contribution is 5.91. The standard InChI is InChI=1S/C11H7F3N4O/c1-2-17-11(19)18-10-6(4-16)7(12)5(3-15)8(13)9(10)14/h2H2,1H3,(H2,17,18,19). The van der Waals surface area contributed by atoms with Crippen LogP contribution in [0.4, 0.5) is 23.7 Å². The summed E-state index contributed by atoms with van der Waals surface area (Å²) >= 11 is 0. The number of benzene rings is 1. The maximum absolute atomic E-state index is 13.6. The minimum Gasteiger partial charge on any atom is -0.338 e. The monoisotopic (exact) mass is 268 g/mol. The van der Waals surface area contributed by atoms with E-state index in [9.17, 15) is 18.0 Å². The van der Waals surface area contributed by atoms with E-state index in [1.54, 1.807) is 6.92 Å². The number of nitrogens with zero attached hydrogens (tertiary/aromatic N) is 2. The molecule has 2 N–H and O–H groups in total. The molecule has 0 saturated carbocycles. The van der Waals surface area contributed by atoms with Crippen molar-refractivity contribution in [3.63, 3.8) is 0 Å². The Labute approximate surface area is 106 Å². The fourth-order valence-electron chi connectivity index (χ4n) is 1.30. The van der Waals surface area contributed by atoms with Crippen LogP contribution < -0.4 is 10.6 Å². The summed E-state index contributed by atoms with van der Waals surface area (Å²) in [5, 5.41) is 21.2. The Morgan fingerprint density at radius 1 is 1.11 bits per heavy atom. The number of urea groups is 1. The van der Waals surface area contributed by atoms with E-state index in [0.717, 1.165) is 6.07 Å². The first-order valence-electron chi connectivity index (χ1n) is 5.03. The van der Waals surface area contributed by atoms with Gasteiger partial charge in [-0.2, -0.15) is 10.5 Å². The van der Waals surface area contributed by atoms with Gasteiger partial charge in [0, 0.05) is 6.54 Å². The van der Waals surface area contributed by atoms with Crippen molar-refractivity contribution in [3.8, 4) is 12.1 Å². The number of nitrogens with one attached hydrogen (secondary N) is 2. The van der Waals surface area contributed by atoms with Crippen LogP contribution in [0.1, 0.15) is 18.1 Å². The molecule has 1 rings (SSSR count). The molecule has 0 unspecified atom stereocenters. The van der Waals surface area contributed by atoms with Crippen LogP contribution in [0.15, 0.2) is 0 Å². The molecule has 0 atom stereocenters. The molecular weight excluding hydrogens is 261 g/mol. The molecule has 0 saturated heterocycles. The molecule has 19 heavy (non-hydrogen) atoms. The summed E-state index contributed by atoms with van der Waals surface area (Å²) in [6.45, 7) is 1.76. The van der Waals surface area contributed by atoms with Gasteiger partial charge in [-0.05, 0) is 6.92 Å². The summed E-state index contributed by atoms with van der Waals surface area (Å²) in [7, 11) is 0. The van der Waals surface area contributed by atoms with Gasteiger partial charge in [0.1, 0.15) is 29.0 Å². The third-order valence-corrected chi connectivity index (χ3v) is 2.12. The van der Waals surface area contributed by atoms with Gasteiger partial charge in [0.05, 0.1) is 0 Å². The smallest absolute Gasteiger partial charge is 0.319 e. The van der Waals surface area contributed by atoms with Crippen LogP contribution in [-0.2, 0) is 0 Å². The lowest BCUT2D eigenvalue weighted by atomic mass is 10.1. The van der Waals surface area contributed by atoms with Crippen molar-refractivity contribution >= 4 is 11.7 Å². The first-order valence-corrected chi connectivity index (χ1v) is 5.03. The predicted molar refractivity (Wildman–Crippen MR) is 58.4 cm³/mol. The third kappa shape index (κ3) is 2.58. The Hall–Kier alpha value is -2.74. The molecule has 0 fully saturated rings. The van der Waals surface area contributed by atoms with E-state index >= 15 is 0 Å². The highest BCUT2D eigenvalue weighted by Gasteiger charge is 2.26. The first kappa shape index (κ1) is 14.3. The highest BCUT2D eigenvalue weighted by atomic mass is 19.2. The largest absolute Gasteiger partial charge is 0.338 e. The van der Waals surface area contributed by atoms with Crippen molar-refractivity contribution in [1.29, 1.82) is 10.5 Å². The molecular formula is C11H7F3N4O. The van der Waals surface area contributed by atoms with Crippen LogP contribution in [0.25, 0.3) is 0 Å². The van der Waals surface area contributed by atoms with Crippen molar-refractivity contribution in [2.45, 2.75) is 6.92 Å². The van der Waals surface area contributed by atoms with E-state index in [2.05, 4.69) is 5.32 Å². The summed E-state index contributed by atoms with van der Waals surface area (Å²) in [4.78, 5) is 11.2. The van der Waals surface area contributed by atoms with Gasteiger partial charge in [-0.3, -0.25) is 0 Å². The second-order valence-electron chi connectivity index (χ2n) is 3.28. The van der Waals surface area contributed by atoms with Gasteiger partial charge in [-0.15, -0.1) is 0 Å². The number of carbonyl (C=O) groups excluding carboxylic acids is 1. The van der Waals surface area contributed by atoms with Crippen LogP contribution >= 0.6 is 0 Å². The van der Waals surface area contributed by atoms with Gasteiger partial charge >= 0.3 is 6.03 Å². The van der Waals surface area contributed by atoms with Gasteiger partial charge in [0.15, 0.2) is 17.5 Å². The lowest BCUT2D eigenvalue weighted by molar-refractivity contribution is 0.252. The van der Waals surface area contributed by atoms with E-state index in [1.165, 1.54) is 6.07 Å². The van der Waals surface area contributed by atoms with Crippen LogP contribution in [-0.4, -0.2) is 12.6 Å². The fraction of sp³-hybridized carbons (Fsp3) is 0.182. The Bertz CT molecular complexity index is 616. The second kappa shape index (κ2) is 5.74. The molecule has 0 radical (unpaired) electrons. The summed E-state index contributed by atoms with van der Waals surface area (Å²) in [6, 6.07) is 1.46. The molecule has 0 spiro atoms. The zero-order chi connectivity index (χ0) is 14.6. The maximum atomic E-state index is 13.6. The summed E-state index contributed by atoms with van der Waals surface area (Å²) in [5.74, 6) is -4.94. The second-order valence-corrected chi connectivity index (χ2v) is 3.28. The van der Waals surface area contributed by atoms with Crippen LogP contribution in [0.2, 0.25) is 0 Å². The van der Waals surface area contributed by atoms with Crippen molar-refractivity contribution < 1.29 is 18.0 Å². The molecule has 0 bridgehead atoms. The summed E-state index contributed by atoms with van der Waals surface area (Å²) in [5.41, 5.74) is -3.10. The Morgan fingerprint density at radius 2 is 1.68 bits per heavy atom. The number of hydrogen-bond donors (Lipinski definition) is 2. The minimum atomic E-state index is -1.76. The van der Waals surface area contributed by atoms with E-state index in [1.807, 2.05) is 5.32 Å². The molecule has 1 aromatic rings. The number of hydrogen-bond acceptors (Lipinski definition) is 3. The zero-order valence-corrected chi connectivity index (χ0v) is 9.64. The molecule has 0 aliphatic rings. The van der Waals surface area contributed by atoms with E-state index in [0.29, 0.717) is 0 Å². The molecule has 1 aromatic carbocycles. The normalized spacial score (nSPS) is 9.37. The van der Waals surface area contributed by atoms with Crippen molar-refractivity contribution in [2.75, 3.05) is 11.9 Å². The van der Waals surface area contributed by atoms with Gasteiger partial charge in [0.25, 0.3) is 0 Å². The van der Waals surface area contributed by atoms with Crippen LogP contribution in [0, 0.1) is 40.1 Å².